The Hall–Kier alpha value is -2.02. The van der Waals surface area contributed by atoms with Crippen LogP contribution in [0.1, 0.15) is 10.4 Å². The Labute approximate surface area is 103 Å². The first-order valence-electron chi connectivity index (χ1n) is 4.60. The minimum atomic E-state index is -0.915. The molecule has 6 nitrogen and oxygen atoms in total. The lowest BCUT2D eigenvalue weighted by Crippen LogP contribution is -2.27. The van der Waals surface area contributed by atoms with Gasteiger partial charge in [-0.05, 0) is 24.3 Å². The van der Waals surface area contributed by atoms with Crippen molar-refractivity contribution < 1.29 is 14.7 Å². The summed E-state index contributed by atoms with van der Waals surface area (Å²) < 4.78 is 0. The fraction of sp³-hybridized carbons (Fsp3) is 0.200. The van der Waals surface area contributed by atoms with Crippen LogP contribution in [0.15, 0.2) is 24.3 Å². The highest BCUT2D eigenvalue weighted by Gasteiger charge is 2.13. The van der Waals surface area contributed by atoms with Gasteiger partial charge in [0.25, 0.3) is 5.09 Å². The monoisotopic (exact) mass is 254 g/mol. The van der Waals surface area contributed by atoms with Crippen molar-refractivity contribution >= 4 is 23.0 Å². The zero-order valence-electron chi connectivity index (χ0n) is 9.25. The van der Waals surface area contributed by atoms with Crippen LogP contribution >= 0.6 is 12.2 Å². The molecule has 1 aromatic rings. The van der Waals surface area contributed by atoms with Crippen molar-refractivity contribution in [1.29, 1.82) is 0 Å². The van der Waals surface area contributed by atoms with Crippen LogP contribution in [-0.2, 0) is 0 Å². The Bertz CT molecular complexity index is 456. The fourth-order valence-electron chi connectivity index (χ4n) is 1.08. The van der Waals surface area contributed by atoms with E-state index in [1.807, 2.05) is 0 Å². The van der Waals surface area contributed by atoms with Crippen LogP contribution in [0.3, 0.4) is 0 Å². The van der Waals surface area contributed by atoms with Crippen molar-refractivity contribution in [1.82, 2.24) is 4.90 Å². The van der Waals surface area contributed by atoms with Gasteiger partial charge in [0.15, 0.2) is 0 Å². The molecule has 90 valence electrons. The van der Waals surface area contributed by atoms with Gasteiger partial charge in [-0.3, -0.25) is 9.63 Å². The highest BCUT2D eigenvalue weighted by Crippen LogP contribution is 2.13. The average molecular weight is 254 g/mol. The summed E-state index contributed by atoms with van der Waals surface area (Å²) in [6, 6.07) is 5.54. The molecule has 0 heterocycles. The Kier molecular flexibility index (Phi) is 4.11. The van der Waals surface area contributed by atoms with E-state index in [1.54, 1.807) is 14.1 Å². The van der Waals surface area contributed by atoms with Crippen LogP contribution in [0.2, 0.25) is 0 Å². The summed E-state index contributed by atoms with van der Waals surface area (Å²) in [5, 5.41) is 9.16. The van der Waals surface area contributed by atoms with Gasteiger partial charge in [0.05, 0.1) is 0 Å². The predicted octanol–water partition coefficient (Wildman–Crippen LogP) is 1.33. The summed E-state index contributed by atoms with van der Waals surface area (Å²) in [5.41, 5.74) is 0.361. The van der Waals surface area contributed by atoms with Crippen LogP contribution in [0.25, 0.3) is 0 Å². The van der Waals surface area contributed by atoms with Gasteiger partial charge in [-0.15, -0.1) is 10.1 Å². The zero-order valence-corrected chi connectivity index (χ0v) is 10.1. The molecule has 0 unspecified atom stereocenters. The molecule has 0 saturated heterocycles. The van der Waals surface area contributed by atoms with E-state index in [0.717, 1.165) is 0 Å². The Morgan fingerprint density at radius 3 is 2.29 bits per heavy atom. The van der Waals surface area contributed by atoms with Gasteiger partial charge >= 0.3 is 0 Å². The molecule has 0 saturated carbocycles. The predicted molar refractivity (Wildman–Crippen MR) is 64.7 cm³/mol. The third kappa shape index (κ3) is 3.49. The smallest absolute Gasteiger partial charge is 0.299 e. The molecule has 0 spiro atoms. The van der Waals surface area contributed by atoms with Gasteiger partial charge < -0.3 is 4.90 Å². The Morgan fingerprint density at radius 1 is 1.35 bits per heavy atom. The summed E-state index contributed by atoms with van der Waals surface area (Å²) in [5.74, 6) is -0.250. The van der Waals surface area contributed by atoms with E-state index in [9.17, 15) is 14.9 Å². The SMILES string of the molecule is CN(C)C(=S)C(=O)c1ccc(O[N+](=O)[O-])cc1. The van der Waals surface area contributed by atoms with E-state index in [-0.39, 0.29) is 16.5 Å². The number of hydrogen-bond acceptors (Lipinski definition) is 5. The molecule has 7 heteroatoms. The lowest BCUT2D eigenvalue weighted by Gasteiger charge is -2.12. The first-order valence-corrected chi connectivity index (χ1v) is 5.01. The van der Waals surface area contributed by atoms with Gasteiger partial charge in [-0.1, -0.05) is 12.2 Å². The average Bonchev–Trinajstić information content (AvgIpc) is 2.27. The van der Waals surface area contributed by atoms with Crippen molar-refractivity contribution in [2.75, 3.05) is 14.1 Å². The third-order valence-electron chi connectivity index (χ3n) is 1.90. The molecule has 0 aliphatic rings. The molecule has 0 fully saturated rings. The number of ketones is 1. The van der Waals surface area contributed by atoms with Gasteiger partial charge in [-0.25, -0.2) is 0 Å². The topological polar surface area (TPSA) is 72.7 Å². The highest BCUT2D eigenvalue weighted by atomic mass is 32.1. The van der Waals surface area contributed by atoms with Gasteiger partial charge in [0.2, 0.25) is 5.78 Å². The summed E-state index contributed by atoms with van der Waals surface area (Å²) in [6.07, 6.45) is 0. The standard InChI is InChI=1S/C10H10N2O4S/c1-11(2)10(17)9(13)7-3-5-8(6-4-7)16-12(14)15/h3-6H,1-2H3. The number of carbonyl (C=O) groups excluding carboxylic acids is 1. The van der Waals surface area contributed by atoms with Crippen LogP contribution in [0.4, 0.5) is 0 Å². The first-order chi connectivity index (χ1) is 7.91. The number of carbonyl (C=O) groups is 1. The molecular formula is C10H10N2O4S. The first kappa shape index (κ1) is 13.0. The Morgan fingerprint density at radius 2 is 1.88 bits per heavy atom. The van der Waals surface area contributed by atoms with E-state index in [4.69, 9.17) is 12.2 Å². The van der Waals surface area contributed by atoms with Crippen molar-refractivity contribution in [3.05, 3.63) is 39.9 Å². The quantitative estimate of drug-likeness (QED) is 0.349. The van der Waals surface area contributed by atoms with Crippen LogP contribution < -0.4 is 4.84 Å². The summed E-state index contributed by atoms with van der Waals surface area (Å²) in [7, 11) is 3.34. The zero-order chi connectivity index (χ0) is 13.0. The third-order valence-corrected chi connectivity index (χ3v) is 2.45. The van der Waals surface area contributed by atoms with Crippen molar-refractivity contribution in [2.45, 2.75) is 0 Å². The largest absolute Gasteiger partial charge is 0.366 e. The second-order valence-corrected chi connectivity index (χ2v) is 3.75. The molecule has 0 amide bonds. The molecule has 0 radical (unpaired) electrons. The number of thiocarbonyl (C=S) groups is 1. The van der Waals surface area contributed by atoms with Crippen LogP contribution in [0, 0.1) is 10.1 Å². The van der Waals surface area contributed by atoms with E-state index >= 15 is 0 Å². The lowest BCUT2D eigenvalue weighted by atomic mass is 10.1. The van der Waals surface area contributed by atoms with Crippen molar-refractivity contribution in [3.8, 4) is 5.75 Å². The molecule has 1 rings (SSSR count). The molecule has 17 heavy (non-hydrogen) atoms. The number of hydrogen-bond donors (Lipinski definition) is 0. The molecule has 0 atom stereocenters. The number of benzene rings is 1. The van der Waals surface area contributed by atoms with Gasteiger partial charge in [0.1, 0.15) is 10.7 Å². The molecular weight excluding hydrogens is 244 g/mol. The van der Waals surface area contributed by atoms with Crippen molar-refractivity contribution in [2.24, 2.45) is 0 Å². The lowest BCUT2D eigenvalue weighted by molar-refractivity contribution is -0.711. The Balaban J connectivity index is 2.84. The summed E-state index contributed by atoms with van der Waals surface area (Å²) in [4.78, 5) is 27.8. The van der Waals surface area contributed by atoms with Crippen molar-refractivity contribution in [3.63, 3.8) is 0 Å². The molecule has 1 aromatic carbocycles. The summed E-state index contributed by atoms with van der Waals surface area (Å²) >= 11 is 4.92. The van der Waals surface area contributed by atoms with E-state index in [1.165, 1.54) is 29.2 Å². The molecule has 0 aliphatic heterocycles. The minimum absolute atomic E-state index is 0.0577. The number of rotatable bonds is 4. The van der Waals surface area contributed by atoms with Crippen LogP contribution in [0.5, 0.6) is 5.75 Å². The normalized spacial score (nSPS) is 9.53. The second kappa shape index (κ2) is 5.35. The maximum absolute atomic E-state index is 11.8. The maximum Gasteiger partial charge on any atom is 0.299 e. The molecule has 0 aromatic heterocycles. The number of likely N-dealkylation sites (N-methyl/N-ethyl adjacent to an activating group) is 1. The molecule has 0 bridgehead atoms. The number of Topliss-reactive ketones (excluding diaryl/α,β-unsaturated/α-hetero) is 1. The van der Waals surface area contributed by atoms with Gasteiger partial charge in [0, 0.05) is 19.7 Å². The fourth-order valence-corrected chi connectivity index (χ4v) is 1.20. The minimum Gasteiger partial charge on any atom is -0.366 e. The summed E-state index contributed by atoms with van der Waals surface area (Å²) in [6.45, 7) is 0. The van der Waals surface area contributed by atoms with Crippen LogP contribution in [-0.4, -0.2) is 34.9 Å². The molecule has 0 aliphatic carbocycles. The second-order valence-electron chi connectivity index (χ2n) is 3.37. The number of nitrogens with zero attached hydrogens (tertiary/aromatic N) is 2. The van der Waals surface area contributed by atoms with E-state index in [0.29, 0.717) is 5.56 Å². The molecule has 0 N–H and O–H groups in total. The highest BCUT2D eigenvalue weighted by molar-refractivity contribution is 7.82. The van der Waals surface area contributed by atoms with E-state index < -0.39 is 5.09 Å². The van der Waals surface area contributed by atoms with Gasteiger partial charge in [-0.2, -0.15) is 0 Å². The maximum atomic E-state index is 11.8. The van der Waals surface area contributed by atoms with E-state index in [2.05, 4.69) is 4.84 Å².